The summed E-state index contributed by atoms with van der Waals surface area (Å²) in [5.74, 6) is 1.84. The topological polar surface area (TPSA) is 44.1 Å². The maximum atomic E-state index is 12.3. The van der Waals surface area contributed by atoms with Crippen LogP contribution in [0.25, 0.3) is 0 Å². The summed E-state index contributed by atoms with van der Waals surface area (Å²) in [5, 5.41) is 4.18. The van der Waals surface area contributed by atoms with Crippen molar-refractivity contribution in [3.05, 3.63) is 21.0 Å². The molecular weight excluding hydrogens is 320 g/mol. The molecule has 0 unspecified atom stereocenters. The molecule has 0 aromatic carbocycles. The second-order valence-corrected chi connectivity index (χ2v) is 6.89. The number of rotatable bonds is 6. The highest BCUT2D eigenvalue weighted by Crippen LogP contribution is 2.30. The van der Waals surface area contributed by atoms with E-state index in [4.69, 9.17) is 4.74 Å². The van der Waals surface area contributed by atoms with Gasteiger partial charge in [-0.3, -0.25) is 4.79 Å². The molecule has 2 saturated carbocycles. The zero-order chi connectivity index (χ0) is 13.9. The lowest BCUT2D eigenvalue weighted by Crippen LogP contribution is -2.26. The van der Waals surface area contributed by atoms with E-state index in [0.717, 1.165) is 18.9 Å². The fourth-order valence-corrected chi connectivity index (χ4v) is 3.26. The summed E-state index contributed by atoms with van der Waals surface area (Å²) in [6.07, 6.45) is 10.5. The first kappa shape index (κ1) is 14.1. The van der Waals surface area contributed by atoms with Crippen molar-refractivity contribution in [2.45, 2.75) is 51.5 Å². The average Bonchev–Trinajstić information content (AvgIpc) is 3.10. The lowest BCUT2D eigenvalue weighted by atomic mass is 10.1. The van der Waals surface area contributed by atoms with E-state index in [1.165, 1.54) is 38.5 Å². The summed E-state index contributed by atoms with van der Waals surface area (Å²) in [6, 6.07) is 0. The van der Waals surface area contributed by atoms with Crippen molar-refractivity contribution in [2.75, 3.05) is 6.61 Å². The minimum atomic E-state index is -0.0994. The second kappa shape index (κ2) is 6.29. The normalized spacial score (nSPS) is 19.4. The first-order valence-electron chi connectivity index (χ1n) is 7.62. The van der Waals surface area contributed by atoms with Gasteiger partial charge in [0.2, 0.25) is 5.75 Å². The molecule has 20 heavy (non-hydrogen) atoms. The van der Waals surface area contributed by atoms with Crippen LogP contribution in [0.1, 0.15) is 44.9 Å². The molecule has 1 aromatic rings. The third-order valence-electron chi connectivity index (χ3n) is 4.33. The van der Waals surface area contributed by atoms with Gasteiger partial charge in [0, 0.05) is 6.54 Å². The predicted octanol–water partition coefficient (Wildman–Crippen LogP) is 3.37. The van der Waals surface area contributed by atoms with Crippen LogP contribution in [0.2, 0.25) is 0 Å². The highest BCUT2D eigenvalue weighted by atomic mass is 79.9. The van der Waals surface area contributed by atoms with Gasteiger partial charge in [-0.1, -0.05) is 25.7 Å². The highest BCUT2D eigenvalue weighted by Gasteiger charge is 2.24. The summed E-state index contributed by atoms with van der Waals surface area (Å²) in [4.78, 5) is 12.3. The molecule has 5 heteroatoms. The van der Waals surface area contributed by atoms with Crippen LogP contribution >= 0.6 is 15.9 Å². The number of ether oxygens (including phenoxy) is 1. The van der Waals surface area contributed by atoms with Gasteiger partial charge in [0.1, 0.15) is 0 Å². The molecule has 0 amide bonds. The molecule has 0 saturated heterocycles. The molecule has 0 atom stereocenters. The average molecular weight is 341 g/mol. The maximum absolute atomic E-state index is 12.3. The van der Waals surface area contributed by atoms with Gasteiger partial charge in [-0.05, 0) is 47.0 Å². The minimum Gasteiger partial charge on any atom is -0.487 e. The smallest absolute Gasteiger partial charge is 0.310 e. The van der Waals surface area contributed by atoms with Gasteiger partial charge in [-0.2, -0.15) is 5.10 Å². The van der Waals surface area contributed by atoms with Gasteiger partial charge < -0.3 is 4.74 Å². The molecule has 0 aliphatic heterocycles. The molecule has 1 aromatic heterocycles. The van der Waals surface area contributed by atoms with Crippen LogP contribution in [0.5, 0.6) is 5.75 Å². The number of nitrogens with zero attached hydrogens (tertiary/aromatic N) is 2. The van der Waals surface area contributed by atoms with E-state index in [1.54, 1.807) is 10.9 Å². The Morgan fingerprint density at radius 3 is 2.70 bits per heavy atom. The predicted molar refractivity (Wildman–Crippen MR) is 81.0 cm³/mol. The zero-order valence-electron chi connectivity index (χ0n) is 11.7. The van der Waals surface area contributed by atoms with E-state index in [0.29, 0.717) is 22.7 Å². The van der Waals surface area contributed by atoms with E-state index >= 15 is 0 Å². The quantitative estimate of drug-likeness (QED) is 0.797. The Kier molecular flexibility index (Phi) is 4.44. The largest absolute Gasteiger partial charge is 0.487 e. The molecule has 4 nitrogen and oxygen atoms in total. The Labute approximate surface area is 127 Å². The first-order chi connectivity index (χ1) is 9.74. The van der Waals surface area contributed by atoms with E-state index in [-0.39, 0.29) is 5.56 Å². The van der Waals surface area contributed by atoms with Gasteiger partial charge in [0.05, 0.1) is 17.3 Å². The highest BCUT2D eigenvalue weighted by molar-refractivity contribution is 9.10. The summed E-state index contributed by atoms with van der Waals surface area (Å²) in [5.41, 5.74) is -0.0994. The van der Waals surface area contributed by atoms with Gasteiger partial charge in [-0.25, -0.2) is 4.68 Å². The summed E-state index contributed by atoms with van der Waals surface area (Å²) in [7, 11) is 0. The fraction of sp³-hybridized carbons (Fsp3) is 0.733. The van der Waals surface area contributed by atoms with Crippen LogP contribution in [0.4, 0.5) is 0 Å². The van der Waals surface area contributed by atoms with Crippen molar-refractivity contribution in [2.24, 2.45) is 11.8 Å². The molecule has 2 fully saturated rings. The van der Waals surface area contributed by atoms with Crippen LogP contribution < -0.4 is 10.3 Å². The Morgan fingerprint density at radius 1 is 1.25 bits per heavy atom. The molecule has 110 valence electrons. The molecular formula is C15H21BrN2O2. The van der Waals surface area contributed by atoms with Crippen molar-refractivity contribution in [1.29, 1.82) is 0 Å². The summed E-state index contributed by atoms with van der Waals surface area (Å²) in [6.45, 7) is 1.36. The first-order valence-corrected chi connectivity index (χ1v) is 8.42. The Balaban J connectivity index is 1.62. The minimum absolute atomic E-state index is 0.0994. The molecule has 0 bridgehead atoms. The summed E-state index contributed by atoms with van der Waals surface area (Å²) < 4.78 is 7.97. The monoisotopic (exact) mass is 340 g/mol. The van der Waals surface area contributed by atoms with Crippen LogP contribution in [0.3, 0.4) is 0 Å². The van der Waals surface area contributed by atoms with Crippen molar-refractivity contribution in [1.82, 2.24) is 9.78 Å². The van der Waals surface area contributed by atoms with Crippen LogP contribution in [-0.2, 0) is 6.54 Å². The molecule has 1 heterocycles. The maximum Gasteiger partial charge on any atom is 0.310 e. The zero-order valence-corrected chi connectivity index (χ0v) is 13.3. The third-order valence-corrected chi connectivity index (χ3v) is 4.90. The van der Waals surface area contributed by atoms with Crippen molar-refractivity contribution >= 4 is 15.9 Å². The van der Waals surface area contributed by atoms with Gasteiger partial charge >= 0.3 is 5.56 Å². The number of hydrogen-bond donors (Lipinski definition) is 0. The lowest BCUT2D eigenvalue weighted by molar-refractivity contribution is 0.270. The summed E-state index contributed by atoms with van der Waals surface area (Å²) >= 11 is 3.38. The molecule has 0 spiro atoms. The SMILES string of the molecule is O=c1c(OCCC2CCCC2)c(Br)cnn1CC1CC1. The number of hydrogen-bond acceptors (Lipinski definition) is 3. The molecule has 3 rings (SSSR count). The Bertz CT molecular complexity index is 519. The molecule has 2 aliphatic carbocycles. The number of aromatic nitrogens is 2. The third kappa shape index (κ3) is 3.43. The lowest BCUT2D eigenvalue weighted by Gasteiger charge is -2.12. The van der Waals surface area contributed by atoms with Crippen molar-refractivity contribution < 1.29 is 4.74 Å². The van der Waals surface area contributed by atoms with Gasteiger partial charge in [0.15, 0.2) is 0 Å². The standard InChI is InChI=1S/C15H21BrN2O2/c16-13-9-17-18(10-12-5-6-12)15(19)14(13)20-8-7-11-3-1-2-4-11/h9,11-12H,1-8,10H2. The molecule has 2 aliphatic rings. The van der Waals surface area contributed by atoms with E-state index < -0.39 is 0 Å². The van der Waals surface area contributed by atoms with Crippen molar-refractivity contribution in [3.8, 4) is 5.75 Å². The van der Waals surface area contributed by atoms with Gasteiger partial charge in [-0.15, -0.1) is 0 Å². The van der Waals surface area contributed by atoms with Crippen molar-refractivity contribution in [3.63, 3.8) is 0 Å². The molecule has 0 N–H and O–H groups in total. The van der Waals surface area contributed by atoms with E-state index in [9.17, 15) is 4.79 Å². The number of halogens is 1. The van der Waals surface area contributed by atoms with E-state index in [2.05, 4.69) is 21.0 Å². The Morgan fingerprint density at radius 2 is 2.00 bits per heavy atom. The van der Waals surface area contributed by atoms with Crippen LogP contribution in [-0.4, -0.2) is 16.4 Å². The van der Waals surface area contributed by atoms with Crippen LogP contribution in [0, 0.1) is 11.8 Å². The second-order valence-electron chi connectivity index (χ2n) is 6.04. The molecule has 0 radical (unpaired) electrons. The van der Waals surface area contributed by atoms with Gasteiger partial charge in [0.25, 0.3) is 0 Å². The van der Waals surface area contributed by atoms with E-state index in [1.807, 2.05) is 0 Å². The fourth-order valence-electron chi connectivity index (χ4n) is 2.88. The van der Waals surface area contributed by atoms with Crippen LogP contribution in [0.15, 0.2) is 15.5 Å². The Hall–Kier alpha value is -0.840.